The van der Waals surface area contributed by atoms with Gasteiger partial charge in [-0.25, -0.2) is 9.59 Å². The zero-order chi connectivity index (χ0) is 22.2. The van der Waals surface area contributed by atoms with E-state index in [1.54, 1.807) is 12.2 Å². The zero-order valence-corrected chi connectivity index (χ0v) is 17.5. The fraction of sp³-hybridized carbons (Fsp3) is 0.143. The predicted molar refractivity (Wildman–Crippen MR) is 125 cm³/mol. The first-order valence-corrected chi connectivity index (χ1v) is 10.5. The van der Waals surface area contributed by atoms with Gasteiger partial charge < -0.3 is 0 Å². The maximum Gasteiger partial charge on any atom is 0.235 e. The molecule has 3 aromatic rings. The third-order valence-electron chi connectivity index (χ3n) is 5.97. The van der Waals surface area contributed by atoms with E-state index in [2.05, 4.69) is 28.2 Å². The Hall–Kier alpha value is -4.10. The Morgan fingerprint density at radius 2 is 1.16 bits per heavy atom. The number of benzene rings is 3. The molecule has 3 aromatic carbocycles. The molecule has 2 atom stereocenters. The van der Waals surface area contributed by atoms with Gasteiger partial charge in [-0.3, -0.25) is 0 Å². The summed E-state index contributed by atoms with van der Waals surface area (Å²) in [5.41, 5.74) is 3.11. The molecule has 0 radical (unpaired) electrons. The van der Waals surface area contributed by atoms with Crippen molar-refractivity contribution in [1.29, 1.82) is 0 Å². The Morgan fingerprint density at radius 1 is 0.688 bits per heavy atom. The lowest BCUT2D eigenvalue weighted by Gasteiger charge is -2.41. The van der Waals surface area contributed by atoms with E-state index in [1.807, 2.05) is 91.0 Å². The van der Waals surface area contributed by atoms with E-state index in [4.69, 9.17) is 0 Å². The molecule has 0 fully saturated rings. The molecule has 1 aliphatic carbocycles. The van der Waals surface area contributed by atoms with Gasteiger partial charge in [0.25, 0.3) is 0 Å². The molecule has 0 aromatic heterocycles. The summed E-state index contributed by atoms with van der Waals surface area (Å²) in [7, 11) is 0. The van der Waals surface area contributed by atoms with E-state index in [9.17, 15) is 9.59 Å². The second-order valence-electron chi connectivity index (χ2n) is 7.74. The Labute approximate surface area is 187 Å². The second kappa shape index (κ2) is 9.80. The summed E-state index contributed by atoms with van der Waals surface area (Å²) in [6, 6.07) is 28.2. The van der Waals surface area contributed by atoms with Crippen LogP contribution in [0.4, 0.5) is 0 Å². The standard InChI is InChI=1S/C28H22N2O2/c31-20-29-26(24-12-6-2-7-13-24)28(27(30-21-32)25-14-8-3-9-15-25)18-16-23(17-19-28)22-10-4-1-5-11-22/h1-18,26-27H,19H2. The van der Waals surface area contributed by atoms with Crippen LogP contribution in [0.15, 0.2) is 119 Å². The molecule has 0 N–H and O–H groups in total. The fourth-order valence-electron chi connectivity index (χ4n) is 4.45. The number of hydrogen-bond acceptors (Lipinski definition) is 4. The maximum absolute atomic E-state index is 11.5. The van der Waals surface area contributed by atoms with Crippen LogP contribution in [-0.2, 0) is 9.59 Å². The lowest BCUT2D eigenvalue weighted by Crippen LogP contribution is -2.33. The van der Waals surface area contributed by atoms with Crippen LogP contribution >= 0.6 is 0 Å². The number of carbonyl (C=O) groups excluding carboxylic acids is 2. The van der Waals surface area contributed by atoms with Crippen LogP contribution in [0, 0.1) is 5.41 Å². The Bertz CT molecular complexity index is 1140. The highest BCUT2D eigenvalue weighted by atomic mass is 16.1. The van der Waals surface area contributed by atoms with E-state index < -0.39 is 17.5 Å². The van der Waals surface area contributed by atoms with Crippen molar-refractivity contribution in [3.8, 4) is 0 Å². The summed E-state index contributed by atoms with van der Waals surface area (Å²) < 4.78 is 0. The lowest BCUT2D eigenvalue weighted by atomic mass is 9.65. The summed E-state index contributed by atoms with van der Waals surface area (Å²) in [4.78, 5) is 31.6. The van der Waals surface area contributed by atoms with Gasteiger partial charge >= 0.3 is 0 Å². The van der Waals surface area contributed by atoms with E-state index >= 15 is 0 Å². The molecule has 32 heavy (non-hydrogen) atoms. The Morgan fingerprint density at radius 3 is 1.56 bits per heavy atom. The highest BCUT2D eigenvalue weighted by molar-refractivity contribution is 5.75. The van der Waals surface area contributed by atoms with E-state index in [-0.39, 0.29) is 0 Å². The van der Waals surface area contributed by atoms with Crippen LogP contribution in [0.25, 0.3) is 5.57 Å². The molecular formula is C28H22N2O2. The minimum atomic E-state index is -0.782. The van der Waals surface area contributed by atoms with Crippen LogP contribution < -0.4 is 0 Å². The second-order valence-corrected chi connectivity index (χ2v) is 7.74. The summed E-state index contributed by atoms with van der Waals surface area (Å²) in [6.45, 7) is 0. The summed E-state index contributed by atoms with van der Waals surface area (Å²) in [5.74, 6) is 0. The SMILES string of the molecule is O=C=NC(c1ccccc1)C1(C(N=C=O)c2ccccc2)C=CC(c2ccccc2)=CC1. The molecular weight excluding hydrogens is 396 g/mol. The highest BCUT2D eigenvalue weighted by Crippen LogP contribution is 2.54. The molecule has 2 unspecified atom stereocenters. The Kier molecular flexibility index (Phi) is 6.48. The molecule has 0 bridgehead atoms. The minimum Gasteiger partial charge on any atom is -0.211 e. The topological polar surface area (TPSA) is 58.9 Å². The van der Waals surface area contributed by atoms with Crippen molar-refractivity contribution in [1.82, 2.24) is 0 Å². The molecule has 4 heteroatoms. The first-order chi connectivity index (χ1) is 15.8. The van der Waals surface area contributed by atoms with Gasteiger partial charge in [-0.15, -0.1) is 0 Å². The number of hydrogen-bond donors (Lipinski definition) is 0. The largest absolute Gasteiger partial charge is 0.235 e. The summed E-state index contributed by atoms with van der Waals surface area (Å²) >= 11 is 0. The quantitative estimate of drug-likeness (QED) is 0.340. The molecule has 0 heterocycles. The summed E-state index contributed by atoms with van der Waals surface area (Å²) in [5, 5.41) is 0. The molecule has 0 amide bonds. The van der Waals surface area contributed by atoms with Gasteiger partial charge in [-0.1, -0.05) is 109 Å². The molecule has 0 saturated carbocycles. The van der Waals surface area contributed by atoms with Gasteiger partial charge in [0.2, 0.25) is 12.2 Å². The van der Waals surface area contributed by atoms with Crippen molar-refractivity contribution in [3.63, 3.8) is 0 Å². The monoisotopic (exact) mass is 418 g/mol. The van der Waals surface area contributed by atoms with Crippen LogP contribution in [0.3, 0.4) is 0 Å². The van der Waals surface area contributed by atoms with Crippen LogP contribution in [0.5, 0.6) is 0 Å². The van der Waals surface area contributed by atoms with E-state index in [1.165, 1.54) is 0 Å². The van der Waals surface area contributed by atoms with Crippen LogP contribution in [0.2, 0.25) is 0 Å². The van der Waals surface area contributed by atoms with Gasteiger partial charge in [-0.2, -0.15) is 9.98 Å². The van der Waals surface area contributed by atoms with E-state index in [0.717, 1.165) is 22.3 Å². The predicted octanol–water partition coefficient (Wildman–Crippen LogP) is 6.17. The first kappa shape index (κ1) is 21.1. The molecule has 0 saturated heterocycles. The molecule has 4 rings (SSSR count). The van der Waals surface area contributed by atoms with Crippen LogP contribution in [-0.4, -0.2) is 12.2 Å². The van der Waals surface area contributed by atoms with Crippen molar-refractivity contribution in [2.24, 2.45) is 15.4 Å². The normalized spacial score (nSPS) is 19.1. The van der Waals surface area contributed by atoms with Gasteiger partial charge in [0.05, 0.1) is 12.1 Å². The smallest absolute Gasteiger partial charge is 0.211 e. The van der Waals surface area contributed by atoms with E-state index in [0.29, 0.717) is 6.42 Å². The van der Waals surface area contributed by atoms with Crippen molar-refractivity contribution in [2.45, 2.75) is 18.5 Å². The first-order valence-electron chi connectivity index (χ1n) is 10.5. The maximum atomic E-state index is 11.5. The molecule has 0 aliphatic heterocycles. The molecule has 0 spiro atoms. The number of nitrogens with zero attached hydrogens (tertiary/aromatic N) is 2. The zero-order valence-electron chi connectivity index (χ0n) is 17.5. The Balaban J connectivity index is 1.89. The highest BCUT2D eigenvalue weighted by Gasteiger charge is 2.46. The lowest BCUT2D eigenvalue weighted by molar-refractivity contribution is 0.247. The van der Waals surface area contributed by atoms with Gasteiger partial charge in [-0.05, 0) is 28.7 Å². The minimum absolute atomic E-state index is 0.531. The van der Waals surface area contributed by atoms with Crippen LogP contribution in [0.1, 0.15) is 35.2 Å². The molecule has 4 nitrogen and oxygen atoms in total. The summed E-state index contributed by atoms with van der Waals surface area (Å²) in [6.07, 6.45) is 10.3. The fourth-order valence-corrected chi connectivity index (χ4v) is 4.45. The average molecular weight is 418 g/mol. The number of isocyanates is 2. The third kappa shape index (κ3) is 4.19. The van der Waals surface area contributed by atoms with Crippen molar-refractivity contribution in [3.05, 3.63) is 126 Å². The van der Waals surface area contributed by atoms with Gasteiger partial charge in [0.1, 0.15) is 0 Å². The average Bonchev–Trinajstić information content (AvgIpc) is 2.87. The third-order valence-corrected chi connectivity index (χ3v) is 5.97. The molecule has 1 aliphatic rings. The van der Waals surface area contributed by atoms with Gasteiger partial charge in [0, 0.05) is 5.41 Å². The van der Waals surface area contributed by atoms with Gasteiger partial charge in [0.15, 0.2) is 0 Å². The molecule has 156 valence electrons. The number of allylic oxidation sites excluding steroid dienone is 3. The van der Waals surface area contributed by atoms with Crippen molar-refractivity contribution in [2.75, 3.05) is 0 Å². The number of aliphatic imine (C=N–C) groups is 2. The van der Waals surface area contributed by atoms with Crippen molar-refractivity contribution < 1.29 is 9.59 Å². The van der Waals surface area contributed by atoms with Crippen molar-refractivity contribution >= 4 is 17.7 Å². The number of rotatable bonds is 7.